The molecule has 1 N–H and O–H groups in total. The van der Waals surface area contributed by atoms with Crippen LogP contribution in [0, 0.1) is 12.7 Å². The molecule has 88 valence electrons. The highest BCUT2D eigenvalue weighted by molar-refractivity contribution is 5.73. The van der Waals surface area contributed by atoms with Gasteiger partial charge in [-0.3, -0.25) is 4.98 Å². The van der Waals surface area contributed by atoms with Gasteiger partial charge in [0.1, 0.15) is 11.5 Å². The Morgan fingerprint density at radius 2 is 2.00 bits per heavy atom. The number of hydrogen-bond donors (Lipinski definition) is 1. The average molecular weight is 231 g/mol. The first-order valence-corrected chi connectivity index (χ1v) is 5.53. The maximum absolute atomic E-state index is 13.3. The Morgan fingerprint density at radius 1 is 1.24 bits per heavy atom. The predicted octanol–water partition coefficient (Wildman–Crippen LogP) is 3.02. The van der Waals surface area contributed by atoms with Gasteiger partial charge in [0.15, 0.2) is 5.82 Å². The van der Waals surface area contributed by atoms with Gasteiger partial charge in [0.05, 0.1) is 0 Å². The number of rotatable bonds is 3. The van der Waals surface area contributed by atoms with Crippen LogP contribution in [0.15, 0.2) is 30.6 Å². The van der Waals surface area contributed by atoms with E-state index in [4.69, 9.17) is 0 Å². The van der Waals surface area contributed by atoms with Gasteiger partial charge >= 0.3 is 0 Å². The lowest BCUT2D eigenvalue weighted by Crippen LogP contribution is -2.03. The lowest BCUT2D eigenvalue weighted by atomic mass is 10.1. The second-order valence-electron chi connectivity index (χ2n) is 3.74. The standard InChI is InChI=1S/C13H14FN3/c1-3-15-13-12(16-6-7-17-13)11-8-10(14)5-4-9(11)2/h4-8H,3H2,1-2H3,(H,15,17). The molecule has 0 aliphatic heterocycles. The third-order valence-electron chi connectivity index (χ3n) is 2.50. The molecule has 0 fully saturated rings. The topological polar surface area (TPSA) is 37.8 Å². The summed E-state index contributed by atoms with van der Waals surface area (Å²) in [5, 5.41) is 3.13. The van der Waals surface area contributed by atoms with Crippen LogP contribution in [-0.2, 0) is 0 Å². The van der Waals surface area contributed by atoms with E-state index in [0.717, 1.165) is 17.7 Å². The third kappa shape index (κ3) is 2.41. The van der Waals surface area contributed by atoms with E-state index >= 15 is 0 Å². The fourth-order valence-corrected chi connectivity index (χ4v) is 1.68. The number of aryl methyl sites for hydroxylation is 1. The average Bonchev–Trinajstić information content (AvgIpc) is 2.34. The number of nitrogens with one attached hydrogen (secondary N) is 1. The molecular weight excluding hydrogens is 217 g/mol. The SMILES string of the molecule is CCNc1nccnc1-c1cc(F)ccc1C. The van der Waals surface area contributed by atoms with Crippen molar-refractivity contribution in [1.29, 1.82) is 0 Å². The molecule has 0 radical (unpaired) electrons. The minimum absolute atomic E-state index is 0.265. The zero-order valence-corrected chi connectivity index (χ0v) is 9.87. The summed E-state index contributed by atoms with van der Waals surface area (Å²) in [7, 11) is 0. The van der Waals surface area contributed by atoms with Gasteiger partial charge in [0.25, 0.3) is 0 Å². The predicted molar refractivity (Wildman–Crippen MR) is 66.3 cm³/mol. The van der Waals surface area contributed by atoms with Gasteiger partial charge < -0.3 is 5.32 Å². The second kappa shape index (κ2) is 4.91. The monoisotopic (exact) mass is 231 g/mol. The van der Waals surface area contributed by atoms with Crippen LogP contribution in [0.2, 0.25) is 0 Å². The minimum atomic E-state index is -0.265. The lowest BCUT2D eigenvalue weighted by Gasteiger charge is -2.10. The van der Waals surface area contributed by atoms with Crippen LogP contribution in [0.25, 0.3) is 11.3 Å². The Hall–Kier alpha value is -1.97. The van der Waals surface area contributed by atoms with Gasteiger partial charge in [-0.2, -0.15) is 0 Å². The number of benzene rings is 1. The quantitative estimate of drug-likeness (QED) is 0.882. The van der Waals surface area contributed by atoms with E-state index in [9.17, 15) is 4.39 Å². The first-order valence-electron chi connectivity index (χ1n) is 5.53. The summed E-state index contributed by atoms with van der Waals surface area (Å²) < 4.78 is 13.3. The van der Waals surface area contributed by atoms with Crippen LogP contribution in [0.5, 0.6) is 0 Å². The molecule has 0 amide bonds. The van der Waals surface area contributed by atoms with E-state index in [2.05, 4.69) is 15.3 Å². The van der Waals surface area contributed by atoms with E-state index in [-0.39, 0.29) is 5.82 Å². The molecule has 3 nitrogen and oxygen atoms in total. The van der Waals surface area contributed by atoms with Crippen molar-refractivity contribution in [3.8, 4) is 11.3 Å². The number of nitrogens with zero attached hydrogens (tertiary/aromatic N) is 2. The molecule has 0 aliphatic carbocycles. The summed E-state index contributed by atoms with van der Waals surface area (Å²) in [5.41, 5.74) is 2.44. The molecular formula is C13H14FN3. The van der Waals surface area contributed by atoms with Crippen LogP contribution in [-0.4, -0.2) is 16.5 Å². The van der Waals surface area contributed by atoms with Crippen molar-refractivity contribution >= 4 is 5.82 Å². The van der Waals surface area contributed by atoms with E-state index in [1.54, 1.807) is 18.5 Å². The van der Waals surface area contributed by atoms with Crippen LogP contribution in [0.3, 0.4) is 0 Å². The smallest absolute Gasteiger partial charge is 0.152 e. The van der Waals surface area contributed by atoms with Crippen molar-refractivity contribution in [2.24, 2.45) is 0 Å². The highest BCUT2D eigenvalue weighted by Gasteiger charge is 2.10. The van der Waals surface area contributed by atoms with Crippen molar-refractivity contribution in [1.82, 2.24) is 9.97 Å². The third-order valence-corrected chi connectivity index (χ3v) is 2.50. The zero-order chi connectivity index (χ0) is 12.3. The zero-order valence-electron chi connectivity index (χ0n) is 9.87. The van der Waals surface area contributed by atoms with Crippen molar-refractivity contribution in [3.05, 3.63) is 42.0 Å². The number of hydrogen-bond acceptors (Lipinski definition) is 3. The van der Waals surface area contributed by atoms with Crippen LogP contribution in [0.1, 0.15) is 12.5 Å². The van der Waals surface area contributed by atoms with Gasteiger partial charge in [-0.1, -0.05) is 6.07 Å². The largest absolute Gasteiger partial charge is 0.369 e. The molecule has 0 unspecified atom stereocenters. The molecule has 2 rings (SSSR count). The summed E-state index contributed by atoms with van der Waals surface area (Å²) in [6, 6.07) is 4.68. The molecule has 0 atom stereocenters. The molecule has 0 aliphatic rings. The van der Waals surface area contributed by atoms with Crippen LogP contribution < -0.4 is 5.32 Å². The summed E-state index contributed by atoms with van der Waals surface area (Å²) >= 11 is 0. The summed E-state index contributed by atoms with van der Waals surface area (Å²) in [6.45, 7) is 4.66. The Kier molecular flexibility index (Phi) is 3.32. The van der Waals surface area contributed by atoms with Crippen molar-refractivity contribution in [2.75, 3.05) is 11.9 Å². The van der Waals surface area contributed by atoms with Crippen molar-refractivity contribution in [3.63, 3.8) is 0 Å². The summed E-state index contributed by atoms with van der Waals surface area (Å²) in [4.78, 5) is 8.50. The highest BCUT2D eigenvalue weighted by Crippen LogP contribution is 2.27. The molecule has 1 heterocycles. The minimum Gasteiger partial charge on any atom is -0.369 e. The van der Waals surface area contributed by atoms with E-state index < -0.39 is 0 Å². The molecule has 1 aromatic carbocycles. The fourth-order valence-electron chi connectivity index (χ4n) is 1.68. The number of halogens is 1. The maximum Gasteiger partial charge on any atom is 0.152 e. The van der Waals surface area contributed by atoms with Crippen molar-refractivity contribution < 1.29 is 4.39 Å². The van der Waals surface area contributed by atoms with Gasteiger partial charge in [-0.25, -0.2) is 9.37 Å². The molecule has 0 spiro atoms. The van der Waals surface area contributed by atoms with Crippen LogP contribution in [0.4, 0.5) is 10.2 Å². The summed E-state index contributed by atoms with van der Waals surface area (Å²) in [5.74, 6) is 0.419. The molecule has 0 saturated carbocycles. The molecule has 0 bridgehead atoms. The van der Waals surface area contributed by atoms with E-state index in [1.165, 1.54) is 12.1 Å². The Morgan fingerprint density at radius 3 is 2.76 bits per heavy atom. The van der Waals surface area contributed by atoms with E-state index in [0.29, 0.717) is 11.5 Å². The van der Waals surface area contributed by atoms with Gasteiger partial charge in [-0.05, 0) is 31.5 Å². The molecule has 4 heteroatoms. The maximum atomic E-state index is 13.3. The lowest BCUT2D eigenvalue weighted by molar-refractivity contribution is 0.628. The molecule has 17 heavy (non-hydrogen) atoms. The summed E-state index contributed by atoms with van der Waals surface area (Å²) in [6.07, 6.45) is 3.23. The number of anilines is 1. The van der Waals surface area contributed by atoms with Gasteiger partial charge in [0.2, 0.25) is 0 Å². The Bertz CT molecular complexity index is 526. The first-order chi connectivity index (χ1) is 8.22. The van der Waals surface area contributed by atoms with Crippen molar-refractivity contribution in [2.45, 2.75) is 13.8 Å². The van der Waals surface area contributed by atoms with E-state index in [1.807, 2.05) is 13.8 Å². The number of aromatic nitrogens is 2. The molecule has 0 saturated heterocycles. The molecule has 2 aromatic rings. The Labute approximate surface area is 99.7 Å². The normalized spacial score (nSPS) is 10.3. The van der Waals surface area contributed by atoms with Crippen LogP contribution >= 0.6 is 0 Å². The van der Waals surface area contributed by atoms with Gasteiger partial charge in [0, 0.05) is 24.5 Å². The second-order valence-corrected chi connectivity index (χ2v) is 3.74. The fraction of sp³-hybridized carbons (Fsp3) is 0.231. The van der Waals surface area contributed by atoms with Gasteiger partial charge in [-0.15, -0.1) is 0 Å². The highest BCUT2D eigenvalue weighted by atomic mass is 19.1. The first kappa shape index (κ1) is 11.5. The molecule has 1 aromatic heterocycles. The Balaban J connectivity index is 2.55.